The number of rotatable bonds is 4. The van der Waals surface area contributed by atoms with Crippen molar-refractivity contribution in [2.45, 2.75) is 31.0 Å². The minimum absolute atomic E-state index is 0.511. The highest BCUT2D eigenvalue weighted by Crippen LogP contribution is 2.41. The average Bonchev–Trinajstić information content (AvgIpc) is 2.99. The van der Waals surface area contributed by atoms with Crippen molar-refractivity contribution >= 4 is 23.3 Å². The van der Waals surface area contributed by atoms with E-state index in [1.165, 1.54) is 24.4 Å². The van der Waals surface area contributed by atoms with Crippen molar-refractivity contribution in [1.82, 2.24) is 24.4 Å². The molecule has 5 nitrogen and oxygen atoms in total. The highest BCUT2D eigenvalue weighted by Gasteiger charge is 2.31. The lowest BCUT2D eigenvalue weighted by Gasteiger charge is -2.06. The van der Waals surface area contributed by atoms with Gasteiger partial charge in [-0.15, -0.1) is 21.7 Å². The van der Waals surface area contributed by atoms with Gasteiger partial charge < -0.3 is 0 Å². The van der Waals surface area contributed by atoms with Gasteiger partial charge in [-0.25, -0.2) is 0 Å². The molecular weight excluding hydrogens is 266 g/mol. The Labute approximate surface area is 113 Å². The zero-order valence-electron chi connectivity index (χ0n) is 9.83. The summed E-state index contributed by atoms with van der Waals surface area (Å²) in [5, 5.41) is 13.5. The van der Waals surface area contributed by atoms with Crippen molar-refractivity contribution in [3.8, 4) is 23.0 Å². The highest BCUT2D eigenvalue weighted by molar-refractivity contribution is 7.99. The fraction of sp³-hybridized carbons (Fsp3) is 0.455. The molecule has 1 saturated carbocycles. The van der Waals surface area contributed by atoms with Crippen LogP contribution in [0, 0.1) is 19.3 Å². The SMILES string of the molecule is C#CCSc1nnc(-c2snnc2C)n1C1CC1. The summed E-state index contributed by atoms with van der Waals surface area (Å²) in [5.74, 6) is 4.11. The van der Waals surface area contributed by atoms with E-state index in [0.29, 0.717) is 11.8 Å². The molecule has 92 valence electrons. The van der Waals surface area contributed by atoms with Gasteiger partial charge >= 0.3 is 0 Å². The number of terminal acetylenes is 1. The third-order valence-electron chi connectivity index (χ3n) is 2.72. The first-order valence-electron chi connectivity index (χ1n) is 5.61. The van der Waals surface area contributed by atoms with Crippen LogP contribution >= 0.6 is 23.3 Å². The predicted molar refractivity (Wildman–Crippen MR) is 71.5 cm³/mol. The molecule has 18 heavy (non-hydrogen) atoms. The van der Waals surface area contributed by atoms with Crippen LogP contribution in [0.15, 0.2) is 5.16 Å². The molecule has 0 bridgehead atoms. The molecule has 0 saturated heterocycles. The Morgan fingerprint density at radius 1 is 1.44 bits per heavy atom. The molecule has 0 N–H and O–H groups in total. The first-order valence-corrected chi connectivity index (χ1v) is 7.37. The predicted octanol–water partition coefficient (Wildman–Crippen LogP) is 2.17. The second kappa shape index (κ2) is 4.71. The topological polar surface area (TPSA) is 56.5 Å². The molecule has 0 aromatic carbocycles. The lowest BCUT2D eigenvalue weighted by atomic mass is 10.4. The van der Waals surface area contributed by atoms with Crippen molar-refractivity contribution in [2.24, 2.45) is 0 Å². The lowest BCUT2D eigenvalue weighted by molar-refractivity contribution is 0.670. The van der Waals surface area contributed by atoms with Gasteiger partial charge in [-0.3, -0.25) is 4.57 Å². The monoisotopic (exact) mass is 277 g/mol. The summed E-state index contributed by atoms with van der Waals surface area (Å²) in [7, 11) is 0. The van der Waals surface area contributed by atoms with Crippen LogP contribution in [0.1, 0.15) is 24.6 Å². The minimum Gasteiger partial charge on any atom is -0.298 e. The van der Waals surface area contributed by atoms with Gasteiger partial charge in [0.05, 0.1) is 11.4 Å². The van der Waals surface area contributed by atoms with E-state index in [1.807, 2.05) is 6.92 Å². The average molecular weight is 277 g/mol. The maximum Gasteiger partial charge on any atom is 0.192 e. The van der Waals surface area contributed by atoms with Crippen LogP contribution in [0.25, 0.3) is 10.7 Å². The Bertz CT molecular complexity index is 605. The Kier molecular flexibility index (Phi) is 3.06. The molecule has 1 aliphatic rings. The van der Waals surface area contributed by atoms with Gasteiger partial charge in [0.15, 0.2) is 11.0 Å². The van der Waals surface area contributed by atoms with Gasteiger partial charge in [0.1, 0.15) is 4.88 Å². The fourth-order valence-electron chi connectivity index (χ4n) is 1.73. The second-order valence-electron chi connectivity index (χ2n) is 4.09. The van der Waals surface area contributed by atoms with Gasteiger partial charge in [0.2, 0.25) is 0 Å². The van der Waals surface area contributed by atoms with Gasteiger partial charge in [0, 0.05) is 6.04 Å². The number of hydrogen-bond acceptors (Lipinski definition) is 6. The van der Waals surface area contributed by atoms with E-state index in [0.717, 1.165) is 21.6 Å². The summed E-state index contributed by atoms with van der Waals surface area (Å²) in [4.78, 5) is 1.00. The number of aryl methyl sites for hydroxylation is 1. The van der Waals surface area contributed by atoms with E-state index in [4.69, 9.17) is 6.42 Å². The second-order valence-corrected chi connectivity index (χ2v) is 5.78. The van der Waals surface area contributed by atoms with Gasteiger partial charge in [0.25, 0.3) is 0 Å². The molecule has 0 atom stereocenters. The molecule has 2 aromatic rings. The van der Waals surface area contributed by atoms with E-state index in [2.05, 4.69) is 30.3 Å². The van der Waals surface area contributed by atoms with Crippen LogP contribution in [0.3, 0.4) is 0 Å². The molecule has 0 unspecified atom stereocenters. The summed E-state index contributed by atoms with van der Waals surface area (Å²) in [6, 6.07) is 0.511. The number of hydrogen-bond donors (Lipinski definition) is 0. The van der Waals surface area contributed by atoms with E-state index in [9.17, 15) is 0 Å². The lowest BCUT2D eigenvalue weighted by Crippen LogP contribution is -1.99. The van der Waals surface area contributed by atoms with Crippen LogP contribution < -0.4 is 0 Å². The largest absolute Gasteiger partial charge is 0.298 e. The molecule has 0 spiro atoms. The van der Waals surface area contributed by atoms with Gasteiger partial charge in [-0.2, -0.15) is 0 Å². The number of aromatic nitrogens is 5. The molecule has 7 heteroatoms. The van der Waals surface area contributed by atoms with Crippen molar-refractivity contribution in [2.75, 3.05) is 5.75 Å². The molecule has 3 rings (SSSR count). The number of nitrogens with zero attached hydrogens (tertiary/aromatic N) is 5. The summed E-state index contributed by atoms with van der Waals surface area (Å²) in [5.41, 5.74) is 0.905. The van der Waals surface area contributed by atoms with Crippen LogP contribution in [0.2, 0.25) is 0 Å². The molecule has 2 heterocycles. The summed E-state index contributed by atoms with van der Waals surface area (Å²) in [6.07, 6.45) is 7.66. The Balaban J connectivity index is 2.02. The maximum atomic E-state index is 5.30. The zero-order chi connectivity index (χ0) is 12.5. The first-order chi connectivity index (χ1) is 8.81. The molecule has 1 aliphatic carbocycles. The van der Waals surface area contributed by atoms with Gasteiger partial charge in [-0.05, 0) is 31.3 Å². The zero-order valence-corrected chi connectivity index (χ0v) is 11.5. The third kappa shape index (κ3) is 2.02. The van der Waals surface area contributed by atoms with Crippen molar-refractivity contribution in [3.05, 3.63) is 5.69 Å². The molecular formula is C11H11N5S2. The van der Waals surface area contributed by atoms with Crippen molar-refractivity contribution in [1.29, 1.82) is 0 Å². The summed E-state index contributed by atoms with van der Waals surface area (Å²) in [6.45, 7) is 1.94. The molecule has 2 aromatic heterocycles. The van der Waals surface area contributed by atoms with E-state index in [1.54, 1.807) is 11.8 Å². The Morgan fingerprint density at radius 2 is 2.28 bits per heavy atom. The van der Waals surface area contributed by atoms with Crippen molar-refractivity contribution in [3.63, 3.8) is 0 Å². The molecule has 1 fully saturated rings. The third-order valence-corrected chi connectivity index (χ3v) is 4.39. The molecule has 0 amide bonds. The minimum atomic E-state index is 0.511. The van der Waals surface area contributed by atoms with Crippen LogP contribution in [-0.2, 0) is 0 Å². The summed E-state index contributed by atoms with van der Waals surface area (Å²) < 4.78 is 6.15. The van der Waals surface area contributed by atoms with E-state index >= 15 is 0 Å². The standard InChI is InChI=1S/C11H11N5S2/c1-3-6-17-11-14-13-10(16(11)8-4-5-8)9-7(2)12-15-18-9/h1,8H,4-6H2,2H3. The van der Waals surface area contributed by atoms with E-state index < -0.39 is 0 Å². The quantitative estimate of drug-likeness (QED) is 0.633. The normalized spacial score (nSPS) is 14.7. The maximum absolute atomic E-state index is 5.30. The van der Waals surface area contributed by atoms with Crippen LogP contribution in [0.5, 0.6) is 0 Å². The van der Waals surface area contributed by atoms with Crippen LogP contribution in [-0.4, -0.2) is 30.1 Å². The number of thioether (sulfide) groups is 1. The molecule has 0 radical (unpaired) electrons. The van der Waals surface area contributed by atoms with Crippen LogP contribution in [0.4, 0.5) is 0 Å². The van der Waals surface area contributed by atoms with Gasteiger partial charge in [-0.1, -0.05) is 22.2 Å². The smallest absolute Gasteiger partial charge is 0.192 e. The Hall–Kier alpha value is -1.39. The molecule has 0 aliphatic heterocycles. The fourth-order valence-corrected chi connectivity index (χ4v) is 3.06. The highest BCUT2D eigenvalue weighted by atomic mass is 32.2. The van der Waals surface area contributed by atoms with Crippen molar-refractivity contribution < 1.29 is 0 Å². The van der Waals surface area contributed by atoms with E-state index in [-0.39, 0.29) is 0 Å². The summed E-state index contributed by atoms with van der Waals surface area (Å²) >= 11 is 2.92. The Morgan fingerprint density at radius 3 is 2.89 bits per heavy atom. The first kappa shape index (κ1) is 11.7.